The van der Waals surface area contributed by atoms with Crippen LogP contribution in [0.4, 0.5) is 17.5 Å². The van der Waals surface area contributed by atoms with Crippen LogP contribution in [0.3, 0.4) is 0 Å². The molecule has 31 heavy (non-hydrogen) atoms. The lowest BCUT2D eigenvalue weighted by atomic mass is 10.1. The monoisotopic (exact) mass is 456 g/mol. The summed E-state index contributed by atoms with van der Waals surface area (Å²) in [6, 6.07) is 15.4. The van der Waals surface area contributed by atoms with Crippen molar-refractivity contribution in [2.45, 2.75) is 27.2 Å². The van der Waals surface area contributed by atoms with Gasteiger partial charge in [0.05, 0.1) is 5.69 Å². The van der Waals surface area contributed by atoms with Gasteiger partial charge < -0.3 is 19.6 Å². The van der Waals surface area contributed by atoms with E-state index < -0.39 is 10.6 Å². The Kier molecular flexibility index (Phi) is 7.87. The molecule has 164 valence electrons. The standard InChI is InChI=1S/C23H27ClN5OS/c1-15(2)14-31(30)29-18-7-4-6-17(12-18)10-11-26-22-13-21(27-23(25)28-22)19-8-5-9-20(24)16(19)3/h4-9,12-13,15H,10-11,14H2,1-3H3,(H3,25,26,27,28)/q-1. The van der Waals surface area contributed by atoms with Crippen molar-refractivity contribution in [2.75, 3.05) is 23.3 Å². The maximum absolute atomic E-state index is 12.1. The lowest BCUT2D eigenvalue weighted by Gasteiger charge is -2.11. The summed E-state index contributed by atoms with van der Waals surface area (Å²) in [6.07, 6.45) is 0.760. The van der Waals surface area contributed by atoms with Gasteiger partial charge in [-0.25, -0.2) is 4.98 Å². The van der Waals surface area contributed by atoms with Crippen LogP contribution in [0.5, 0.6) is 0 Å². The van der Waals surface area contributed by atoms with Gasteiger partial charge in [-0.2, -0.15) is 15.6 Å². The summed E-state index contributed by atoms with van der Waals surface area (Å²) >= 11 is 6.25. The van der Waals surface area contributed by atoms with Gasteiger partial charge in [0.2, 0.25) is 5.95 Å². The molecule has 0 unspecified atom stereocenters. The van der Waals surface area contributed by atoms with Gasteiger partial charge in [-0.15, -0.1) is 0 Å². The van der Waals surface area contributed by atoms with Gasteiger partial charge >= 0.3 is 0 Å². The molecule has 3 aromatic rings. The largest absolute Gasteiger partial charge is 0.444 e. The van der Waals surface area contributed by atoms with Crippen LogP contribution in [-0.2, 0) is 21.2 Å². The van der Waals surface area contributed by atoms with Crippen LogP contribution >= 0.6 is 11.6 Å². The van der Waals surface area contributed by atoms with Crippen LogP contribution in [0.15, 0.2) is 52.9 Å². The van der Waals surface area contributed by atoms with E-state index in [9.17, 15) is 4.21 Å². The summed E-state index contributed by atoms with van der Waals surface area (Å²) in [5, 5.41) is 3.99. The minimum absolute atomic E-state index is 0.202. The summed E-state index contributed by atoms with van der Waals surface area (Å²) in [4.78, 5) is 8.65. The third kappa shape index (κ3) is 6.67. The molecule has 0 fully saturated rings. The molecule has 1 aromatic heterocycles. The molecular formula is C23H27ClN5OS-. The van der Waals surface area contributed by atoms with E-state index in [0.717, 1.165) is 34.5 Å². The number of nitrogens with zero attached hydrogens (tertiary/aromatic N) is 3. The third-order valence-corrected chi connectivity index (χ3v) is 6.38. The number of aromatic nitrogens is 2. The topological polar surface area (TPSA) is 93.3 Å². The molecule has 0 spiro atoms. The fourth-order valence-corrected chi connectivity index (χ4v) is 4.29. The van der Waals surface area contributed by atoms with Crippen molar-refractivity contribution in [1.29, 1.82) is 0 Å². The highest BCUT2D eigenvalue weighted by atomic mass is 35.5. The van der Waals surface area contributed by atoms with Crippen molar-refractivity contribution >= 4 is 39.7 Å². The van der Waals surface area contributed by atoms with Crippen LogP contribution in [0.1, 0.15) is 25.0 Å². The van der Waals surface area contributed by atoms with E-state index in [1.54, 1.807) is 0 Å². The Labute approximate surface area is 190 Å². The van der Waals surface area contributed by atoms with E-state index >= 15 is 0 Å². The minimum atomic E-state index is -1.20. The predicted molar refractivity (Wildman–Crippen MR) is 130 cm³/mol. The van der Waals surface area contributed by atoms with Gasteiger partial charge in [-0.1, -0.05) is 61.4 Å². The van der Waals surface area contributed by atoms with Crippen LogP contribution in [0.2, 0.25) is 5.02 Å². The maximum atomic E-state index is 12.1. The number of rotatable bonds is 8. The maximum Gasteiger partial charge on any atom is 0.222 e. The van der Waals surface area contributed by atoms with Crippen LogP contribution in [0, 0.1) is 12.8 Å². The van der Waals surface area contributed by atoms with Gasteiger partial charge in [0.25, 0.3) is 0 Å². The normalized spacial score (nSPS) is 12.3. The van der Waals surface area contributed by atoms with Crippen molar-refractivity contribution in [2.24, 2.45) is 10.3 Å². The third-order valence-electron chi connectivity index (χ3n) is 4.60. The van der Waals surface area contributed by atoms with Crippen molar-refractivity contribution in [3.63, 3.8) is 0 Å². The minimum Gasteiger partial charge on any atom is -0.444 e. The summed E-state index contributed by atoms with van der Waals surface area (Å²) in [5.74, 6) is 1.77. The zero-order valence-corrected chi connectivity index (χ0v) is 19.5. The molecule has 0 saturated carbocycles. The number of halogens is 1. The first kappa shape index (κ1) is 23.0. The van der Waals surface area contributed by atoms with Crippen molar-refractivity contribution in [1.82, 2.24) is 9.97 Å². The fraction of sp³-hybridized carbons (Fsp3) is 0.304. The van der Waals surface area contributed by atoms with Gasteiger partial charge in [-0.05, 0) is 42.7 Å². The Morgan fingerprint density at radius 2 is 1.94 bits per heavy atom. The summed E-state index contributed by atoms with van der Waals surface area (Å²) in [7, 11) is -1.20. The molecular weight excluding hydrogens is 430 g/mol. The zero-order chi connectivity index (χ0) is 22.4. The number of nitrogens with two attached hydrogens (primary N) is 1. The van der Waals surface area contributed by atoms with E-state index in [4.69, 9.17) is 17.3 Å². The first-order valence-electron chi connectivity index (χ1n) is 10.1. The summed E-state index contributed by atoms with van der Waals surface area (Å²) in [5.41, 5.74) is 10.4. The molecule has 3 rings (SSSR count). The Hall–Kier alpha value is -2.64. The fourth-order valence-electron chi connectivity index (χ4n) is 3.12. The lowest BCUT2D eigenvalue weighted by molar-refractivity contribution is 0.593. The highest BCUT2D eigenvalue weighted by Gasteiger charge is 2.09. The molecule has 0 radical (unpaired) electrons. The number of nitrogens with one attached hydrogen (secondary N) is 1. The van der Waals surface area contributed by atoms with Gasteiger partial charge in [0.1, 0.15) is 5.82 Å². The second-order valence-electron chi connectivity index (χ2n) is 7.73. The average Bonchev–Trinajstić information content (AvgIpc) is 2.69. The van der Waals surface area contributed by atoms with Crippen LogP contribution in [0.25, 0.3) is 11.3 Å². The molecule has 6 nitrogen and oxygen atoms in total. The molecule has 0 saturated heterocycles. The second kappa shape index (κ2) is 10.6. The average molecular weight is 457 g/mol. The van der Waals surface area contributed by atoms with Gasteiger partial charge in [-0.3, -0.25) is 0 Å². The molecule has 0 aliphatic heterocycles. The highest BCUT2D eigenvalue weighted by Crippen LogP contribution is 2.28. The van der Waals surface area contributed by atoms with Crippen LogP contribution < -0.4 is 11.1 Å². The Balaban J connectivity index is 1.69. The van der Waals surface area contributed by atoms with E-state index in [-0.39, 0.29) is 5.95 Å². The van der Waals surface area contributed by atoms with Crippen LogP contribution in [-0.4, -0.2) is 22.3 Å². The second-order valence-corrected chi connectivity index (χ2v) is 9.30. The first-order chi connectivity index (χ1) is 14.8. The lowest BCUT2D eigenvalue weighted by Crippen LogP contribution is -2.08. The molecule has 3 N–H and O–H groups in total. The number of benzene rings is 2. The first-order valence-corrected chi connectivity index (χ1v) is 11.8. The smallest absolute Gasteiger partial charge is 0.222 e. The molecule has 0 aliphatic carbocycles. The van der Waals surface area contributed by atoms with Crippen molar-refractivity contribution in [3.8, 4) is 11.3 Å². The Morgan fingerprint density at radius 1 is 1.16 bits per heavy atom. The molecule has 0 aliphatic rings. The number of anilines is 2. The predicted octanol–water partition coefficient (Wildman–Crippen LogP) is 5.78. The number of hydrogen-bond donors (Lipinski definition) is 2. The van der Waals surface area contributed by atoms with Gasteiger partial charge in [0, 0.05) is 28.9 Å². The molecule has 0 bridgehead atoms. The molecule has 1 heterocycles. The molecule has 2 aromatic carbocycles. The SMILES string of the molecule is Cc1c(Cl)cccc1-c1cc(NCCc2cccc(N=[S-](=O)CC(C)C)c2)nc(N)n1. The van der Waals surface area contributed by atoms with E-state index in [2.05, 4.69) is 19.6 Å². The van der Waals surface area contributed by atoms with E-state index in [1.165, 1.54) is 0 Å². The zero-order valence-electron chi connectivity index (χ0n) is 17.9. The molecule has 0 atom stereocenters. The highest BCUT2D eigenvalue weighted by molar-refractivity contribution is 7.74. The van der Waals surface area contributed by atoms with Crippen molar-refractivity contribution < 1.29 is 4.21 Å². The Bertz CT molecular complexity index is 1140. The summed E-state index contributed by atoms with van der Waals surface area (Å²) in [6.45, 7) is 6.68. The molecule has 0 amide bonds. The number of nitrogen functional groups attached to an aromatic ring is 1. The quantitative estimate of drug-likeness (QED) is 0.419. The Morgan fingerprint density at radius 3 is 2.71 bits per heavy atom. The summed E-state index contributed by atoms with van der Waals surface area (Å²) < 4.78 is 16.4. The van der Waals surface area contributed by atoms with E-state index in [1.807, 2.05) is 69.3 Å². The van der Waals surface area contributed by atoms with E-state index in [0.29, 0.717) is 29.1 Å². The van der Waals surface area contributed by atoms with Gasteiger partial charge in [0.15, 0.2) is 0 Å². The number of hydrogen-bond acceptors (Lipinski definition) is 7. The molecule has 8 heteroatoms. The van der Waals surface area contributed by atoms with Crippen molar-refractivity contribution in [3.05, 3.63) is 64.7 Å².